The summed E-state index contributed by atoms with van der Waals surface area (Å²) < 4.78 is 0. The van der Waals surface area contributed by atoms with Gasteiger partial charge in [0.05, 0.1) is 11.7 Å². The molecule has 6 nitrogen and oxygen atoms in total. The van der Waals surface area contributed by atoms with E-state index in [2.05, 4.69) is 15.3 Å². The van der Waals surface area contributed by atoms with Crippen LogP contribution in [-0.2, 0) is 4.79 Å². The number of rotatable bonds is 5. The van der Waals surface area contributed by atoms with Gasteiger partial charge in [0.1, 0.15) is 6.33 Å². The highest BCUT2D eigenvalue weighted by Gasteiger charge is 2.25. The third kappa shape index (κ3) is 3.84. The van der Waals surface area contributed by atoms with Crippen molar-refractivity contribution in [3.8, 4) is 0 Å². The van der Waals surface area contributed by atoms with E-state index in [0.717, 1.165) is 30.6 Å². The lowest BCUT2D eigenvalue weighted by atomic mass is 9.85. The molecule has 1 aromatic heterocycles. The second-order valence-electron chi connectivity index (χ2n) is 6.42. The quantitative estimate of drug-likeness (QED) is 0.909. The summed E-state index contributed by atoms with van der Waals surface area (Å²) in [6, 6.07) is 8.66. The molecule has 2 aromatic rings. The van der Waals surface area contributed by atoms with Crippen molar-refractivity contribution >= 4 is 17.5 Å². The van der Waals surface area contributed by atoms with E-state index in [0.29, 0.717) is 5.56 Å². The first-order chi connectivity index (χ1) is 12.1. The molecule has 0 saturated heterocycles. The Morgan fingerprint density at radius 3 is 2.48 bits per heavy atom. The molecule has 1 atom stereocenters. The molecular weight excluding hydrogens is 316 g/mol. The predicted molar refractivity (Wildman–Crippen MR) is 95.0 cm³/mol. The van der Waals surface area contributed by atoms with E-state index >= 15 is 0 Å². The molecule has 0 bridgehead atoms. The van der Waals surface area contributed by atoms with Crippen LogP contribution in [0.4, 0.5) is 5.69 Å². The number of carbonyl (C=O) groups is 2. The summed E-state index contributed by atoms with van der Waals surface area (Å²) in [6.45, 7) is 1.92. The van der Waals surface area contributed by atoms with Gasteiger partial charge in [-0.2, -0.15) is 0 Å². The number of hydrogen-bond donors (Lipinski definition) is 1. The van der Waals surface area contributed by atoms with Crippen molar-refractivity contribution in [2.45, 2.75) is 32.2 Å². The number of carbonyl (C=O) groups excluding carboxylic acids is 2. The highest BCUT2D eigenvalue weighted by atomic mass is 16.2. The monoisotopic (exact) mass is 338 g/mol. The summed E-state index contributed by atoms with van der Waals surface area (Å²) in [5.41, 5.74) is 2.08. The van der Waals surface area contributed by atoms with Gasteiger partial charge in [0, 0.05) is 30.4 Å². The molecule has 6 heteroatoms. The van der Waals surface area contributed by atoms with Crippen LogP contribution in [0.15, 0.2) is 42.9 Å². The fourth-order valence-corrected chi connectivity index (χ4v) is 2.74. The minimum Gasteiger partial charge on any atom is -0.333 e. The van der Waals surface area contributed by atoms with Crippen LogP contribution in [0.3, 0.4) is 0 Å². The van der Waals surface area contributed by atoms with Gasteiger partial charge in [-0.05, 0) is 50.1 Å². The minimum absolute atomic E-state index is 0.0693. The number of anilines is 1. The maximum Gasteiger partial charge on any atom is 0.254 e. The van der Waals surface area contributed by atoms with Crippen molar-refractivity contribution in [1.82, 2.24) is 14.9 Å². The number of nitrogens with zero attached hydrogens (tertiary/aromatic N) is 3. The Labute approximate surface area is 147 Å². The van der Waals surface area contributed by atoms with Gasteiger partial charge in [0.25, 0.3) is 5.91 Å². The average molecular weight is 338 g/mol. The van der Waals surface area contributed by atoms with E-state index < -0.39 is 0 Å². The lowest BCUT2D eigenvalue weighted by molar-refractivity contribution is -0.122. The van der Waals surface area contributed by atoms with Crippen molar-refractivity contribution in [3.63, 3.8) is 0 Å². The van der Waals surface area contributed by atoms with Crippen molar-refractivity contribution in [2.24, 2.45) is 5.92 Å². The van der Waals surface area contributed by atoms with Gasteiger partial charge in [-0.15, -0.1) is 0 Å². The molecule has 1 aliphatic rings. The van der Waals surface area contributed by atoms with Crippen LogP contribution in [0, 0.1) is 5.92 Å². The van der Waals surface area contributed by atoms with Gasteiger partial charge in [0.15, 0.2) is 0 Å². The summed E-state index contributed by atoms with van der Waals surface area (Å²) in [4.78, 5) is 34.4. The van der Waals surface area contributed by atoms with Gasteiger partial charge in [-0.3, -0.25) is 9.59 Å². The molecule has 3 rings (SSSR count). The standard InChI is InChI=1S/C19H22N4O2/c1-13(17-10-11-20-12-21-17)23(2)19(25)15-6-8-16(9-7-15)22-18(24)14-4-3-5-14/h6-14H,3-5H2,1-2H3,(H,22,24). The molecule has 2 amide bonds. The van der Waals surface area contributed by atoms with Gasteiger partial charge in [-0.1, -0.05) is 6.42 Å². The summed E-state index contributed by atoms with van der Waals surface area (Å²) in [7, 11) is 1.75. The second-order valence-corrected chi connectivity index (χ2v) is 6.42. The molecule has 1 aliphatic carbocycles. The molecule has 1 aromatic carbocycles. The maximum absolute atomic E-state index is 12.7. The second kappa shape index (κ2) is 7.42. The molecule has 130 valence electrons. The van der Waals surface area contributed by atoms with E-state index in [4.69, 9.17) is 0 Å². The topological polar surface area (TPSA) is 75.2 Å². The Bertz CT molecular complexity index is 742. The fourth-order valence-electron chi connectivity index (χ4n) is 2.74. The minimum atomic E-state index is -0.159. The van der Waals surface area contributed by atoms with Gasteiger partial charge in [0.2, 0.25) is 5.91 Å². The Hall–Kier alpha value is -2.76. The zero-order chi connectivity index (χ0) is 17.8. The predicted octanol–water partition coefficient (Wildman–Crippen LogP) is 3.05. The molecule has 25 heavy (non-hydrogen) atoms. The van der Waals surface area contributed by atoms with Crippen LogP contribution in [0.1, 0.15) is 48.3 Å². The molecule has 1 saturated carbocycles. The first-order valence-corrected chi connectivity index (χ1v) is 8.50. The number of benzene rings is 1. The van der Waals surface area contributed by atoms with E-state index in [1.54, 1.807) is 48.5 Å². The maximum atomic E-state index is 12.7. The normalized spacial score (nSPS) is 15.1. The zero-order valence-corrected chi connectivity index (χ0v) is 14.5. The molecule has 1 heterocycles. The number of hydrogen-bond acceptors (Lipinski definition) is 4. The highest BCUT2D eigenvalue weighted by Crippen LogP contribution is 2.27. The van der Waals surface area contributed by atoms with E-state index in [-0.39, 0.29) is 23.8 Å². The Morgan fingerprint density at radius 1 is 1.20 bits per heavy atom. The Morgan fingerprint density at radius 2 is 1.92 bits per heavy atom. The Balaban J connectivity index is 1.64. The van der Waals surface area contributed by atoms with Gasteiger partial charge < -0.3 is 10.2 Å². The zero-order valence-electron chi connectivity index (χ0n) is 14.5. The van der Waals surface area contributed by atoms with Crippen molar-refractivity contribution < 1.29 is 9.59 Å². The first kappa shape index (κ1) is 17.1. The third-order valence-corrected chi connectivity index (χ3v) is 4.81. The van der Waals surface area contributed by atoms with Crippen LogP contribution in [-0.4, -0.2) is 33.7 Å². The van der Waals surface area contributed by atoms with Crippen molar-refractivity contribution in [3.05, 3.63) is 54.1 Å². The summed E-state index contributed by atoms with van der Waals surface area (Å²) in [5.74, 6) is 0.115. The van der Waals surface area contributed by atoms with Crippen LogP contribution in [0.2, 0.25) is 0 Å². The number of nitrogens with one attached hydrogen (secondary N) is 1. The number of aromatic nitrogens is 2. The largest absolute Gasteiger partial charge is 0.333 e. The average Bonchev–Trinajstić information content (AvgIpc) is 2.59. The summed E-state index contributed by atoms with van der Waals surface area (Å²) >= 11 is 0. The molecule has 1 N–H and O–H groups in total. The smallest absolute Gasteiger partial charge is 0.254 e. The van der Waals surface area contributed by atoms with E-state index in [1.165, 1.54) is 6.33 Å². The lowest BCUT2D eigenvalue weighted by Crippen LogP contribution is -2.30. The molecular formula is C19H22N4O2. The van der Waals surface area contributed by atoms with Crippen LogP contribution in [0.25, 0.3) is 0 Å². The van der Waals surface area contributed by atoms with Crippen molar-refractivity contribution in [1.29, 1.82) is 0 Å². The lowest BCUT2D eigenvalue weighted by Gasteiger charge is -2.25. The van der Waals surface area contributed by atoms with E-state index in [9.17, 15) is 9.59 Å². The first-order valence-electron chi connectivity index (χ1n) is 8.50. The van der Waals surface area contributed by atoms with Gasteiger partial charge in [-0.25, -0.2) is 9.97 Å². The molecule has 0 spiro atoms. The summed E-state index contributed by atoms with van der Waals surface area (Å²) in [6.07, 6.45) is 6.20. The van der Waals surface area contributed by atoms with E-state index in [1.807, 2.05) is 6.92 Å². The van der Waals surface area contributed by atoms with Crippen LogP contribution < -0.4 is 5.32 Å². The highest BCUT2D eigenvalue weighted by molar-refractivity contribution is 5.96. The molecule has 1 fully saturated rings. The fraction of sp³-hybridized carbons (Fsp3) is 0.368. The Kier molecular flexibility index (Phi) is 5.07. The molecule has 0 aliphatic heterocycles. The van der Waals surface area contributed by atoms with Crippen LogP contribution in [0.5, 0.6) is 0 Å². The third-order valence-electron chi connectivity index (χ3n) is 4.81. The van der Waals surface area contributed by atoms with Crippen LogP contribution >= 0.6 is 0 Å². The SMILES string of the molecule is CC(c1ccncn1)N(C)C(=O)c1ccc(NC(=O)C2CCC2)cc1. The molecule has 1 unspecified atom stereocenters. The summed E-state index contributed by atoms with van der Waals surface area (Å²) in [5, 5.41) is 2.91. The van der Waals surface area contributed by atoms with Crippen molar-refractivity contribution in [2.75, 3.05) is 12.4 Å². The number of amides is 2. The molecule has 0 radical (unpaired) electrons. The van der Waals surface area contributed by atoms with Gasteiger partial charge >= 0.3 is 0 Å².